The van der Waals surface area contributed by atoms with Crippen LogP contribution < -0.4 is 0 Å². The van der Waals surface area contributed by atoms with Crippen LogP contribution in [0, 0.1) is 11.6 Å². The first-order chi connectivity index (χ1) is 8.08. The number of pyridine rings is 1. The van der Waals surface area contributed by atoms with Gasteiger partial charge in [0.15, 0.2) is 0 Å². The molecule has 0 spiro atoms. The minimum atomic E-state index is -0.585. The van der Waals surface area contributed by atoms with Crippen molar-refractivity contribution in [2.75, 3.05) is 0 Å². The van der Waals surface area contributed by atoms with Crippen LogP contribution in [0.4, 0.5) is 8.78 Å². The largest absolute Gasteiger partial charge is 0.252 e. The minimum absolute atomic E-state index is 0.276. The van der Waals surface area contributed by atoms with Crippen molar-refractivity contribution in [2.45, 2.75) is 19.8 Å². The normalized spacial score (nSPS) is 10.9. The molecule has 0 saturated heterocycles. The van der Waals surface area contributed by atoms with Gasteiger partial charge >= 0.3 is 0 Å². The number of benzene rings is 1. The quantitative estimate of drug-likeness (QED) is 0.759. The fourth-order valence-electron chi connectivity index (χ4n) is 1.62. The lowest BCUT2D eigenvalue weighted by atomic mass is 10.1. The molecule has 1 nitrogen and oxygen atoms in total. The van der Waals surface area contributed by atoms with Gasteiger partial charge in [0.05, 0.1) is 5.69 Å². The number of hydrogen-bond acceptors (Lipinski definition) is 1. The van der Waals surface area contributed by atoms with Crippen LogP contribution in [0.5, 0.6) is 0 Å². The van der Waals surface area contributed by atoms with Crippen molar-refractivity contribution < 1.29 is 8.78 Å². The number of aromatic nitrogens is 1. The van der Waals surface area contributed by atoms with Gasteiger partial charge in [-0.15, -0.1) is 0 Å². The third-order valence-corrected chi connectivity index (χ3v) is 2.57. The number of nitrogens with zero attached hydrogens (tertiary/aromatic N) is 1. The summed E-state index contributed by atoms with van der Waals surface area (Å²) < 4.78 is 26.4. The summed E-state index contributed by atoms with van der Waals surface area (Å²) in [5.41, 5.74) is 1.76. The molecule has 0 fully saturated rings. The molecule has 0 aliphatic carbocycles. The topological polar surface area (TPSA) is 12.9 Å². The predicted molar refractivity (Wildman–Crippen MR) is 63.7 cm³/mol. The van der Waals surface area contributed by atoms with E-state index in [0.717, 1.165) is 11.8 Å². The molecule has 0 bridgehead atoms. The fraction of sp³-hybridized carbons (Fsp3) is 0.214. The van der Waals surface area contributed by atoms with Crippen molar-refractivity contribution in [3.8, 4) is 11.3 Å². The van der Waals surface area contributed by atoms with Crippen LogP contribution in [0.15, 0.2) is 36.4 Å². The van der Waals surface area contributed by atoms with Crippen molar-refractivity contribution in [2.24, 2.45) is 0 Å². The Kier molecular flexibility index (Phi) is 3.18. The van der Waals surface area contributed by atoms with Crippen molar-refractivity contribution in [1.82, 2.24) is 4.98 Å². The Labute approximate surface area is 99.1 Å². The average molecular weight is 233 g/mol. The van der Waals surface area contributed by atoms with E-state index >= 15 is 0 Å². The van der Waals surface area contributed by atoms with Crippen molar-refractivity contribution in [3.63, 3.8) is 0 Å². The van der Waals surface area contributed by atoms with E-state index in [4.69, 9.17) is 0 Å². The van der Waals surface area contributed by atoms with Crippen LogP contribution in [0.25, 0.3) is 11.3 Å². The highest BCUT2D eigenvalue weighted by Gasteiger charge is 2.09. The second-order valence-corrected chi connectivity index (χ2v) is 4.23. The minimum Gasteiger partial charge on any atom is -0.252 e. The fourth-order valence-corrected chi connectivity index (χ4v) is 1.62. The smallest absolute Gasteiger partial charge is 0.135 e. The van der Waals surface area contributed by atoms with Gasteiger partial charge in [-0.05, 0) is 30.2 Å². The van der Waals surface area contributed by atoms with Crippen LogP contribution in [0.3, 0.4) is 0 Å². The van der Waals surface area contributed by atoms with E-state index in [1.165, 1.54) is 12.1 Å². The third-order valence-electron chi connectivity index (χ3n) is 2.57. The summed E-state index contributed by atoms with van der Waals surface area (Å²) in [6.07, 6.45) is 0. The lowest BCUT2D eigenvalue weighted by molar-refractivity contribution is 0.585. The summed E-state index contributed by atoms with van der Waals surface area (Å²) in [6, 6.07) is 8.98. The highest BCUT2D eigenvalue weighted by molar-refractivity contribution is 5.60. The second-order valence-electron chi connectivity index (χ2n) is 4.23. The Morgan fingerprint density at radius 2 is 1.82 bits per heavy atom. The molecule has 1 aromatic carbocycles. The Hall–Kier alpha value is -1.77. The highest BCUT2D eigenvalue weighted by atomic mass is 19.1. The van der Waals surface area contributed by atoms with E-state index in [2.05, 4.69) is 4.98 Å². The van der Waals surface area contributed by atoms with Crippen LogP contribution in [0.1, 0.15) is 25.5 Å². The molecule has 0 unspecified atom stereocenters. The first kappa shape index (κ1) is 11.7. The molecule has 1 heterocycles. The van der Waals surface area contributed by atoms with E-state index in [1.54, 1.807) is 6.07 Å². The van der Waals surface area contributed by atoms with E-state index in [1.807, 2.05) is 26.0 Å². The Bertz CT molecular complexity index is 535. The highest BCUT2D eigenvalue weighted by Crippen LogP contribution is 2.23. The van der Waals surface area contributed by atoms with Gasteiger partial charge in [0.25, 0.3) is 0 Å². The Morgan fingerprint density at radius 3 is 2.47 bits per heavy atom. The third kappa shape index (κ3) is 2.49. The van der Waals surface area contributed by atoms with Gasteiger partial charge in [-0.1, -0.05) is 19.9 Å². The van der Waals surface area contributed by atoms with Crippen molar-refractivity contribution >= 4 is 0 Å². The van der Waals surface area contributed by atoms with Gasteiger partial charge in [0, 0.05) is 17.3 Å². The van der Waals surface area contributed by atoms with E-state index in [0.29, 0.717) is 11.3 Å². The van der Waals surface area contributed by atoms with Crippen LogP contribution >= 0.6 is 0 Å². The first-order valence-electron chi connectivity index (χ1n) is 5.50. The monoisotopic (exact) mass is 233 g/mol. The Morgan fingerprint density at radius 1 is 1.06 bits per heavy atom. The van der Waals surface area contributed by atoms with Crippen LogP contribution in [-0.2, 0) is 0 Å². The molecule has 0 amide bonds. The van der Waals surface area contributed by atoms with Gasteiger partial charge in [-0.2, -0.15) is 0 Å². The van der Waals surface area contributed by atoms with Gasteiger partial charge < -0.3 is 0 Å². The standard InChI is InChI=1S/C14H13F2N/c1-9(2)13-4-3-5-14(17-13)11-7-6-10(15)8-12(11)16/h3-9H,1-2H3. The predicted octanol–water partition coefficient (Wildman–Crippen LogP) is 4.15. The molecule has 0 atom stereocenters. The summed E-state index contributed by atoms with van der Waals surface area (Å²) in [7, 11) is 0. The number of hydrogen-bond donors (Lipinski definition) is 0. The number of rotatable bonds is 2. The maximum Gasteiger partial charge on any atom is 0.135 e. The molecule has 2 rings (SSSR count). The molecule has 88 valence electrons. The molecule has 0 saturated carbocycles. The van der Waals surface area contributed by atoms with E-state index < -0.39 is 11.6 Å². The maximum absolute atomic E-state index is 13.6. The molecule has 0 N–H and O–H groups in total. The molecular weight excluding hydrogens is 220 g/mol. The molecule has 0 radical (unpaired) electrons. The zero-order valence-electron chi connectivity index (χ0n) is 9.74. The zero-order chi connectivity index (χ0) is 12.4. The summed E-state index contributed by atoms with van der Waals surface area (Å²) in [6.45, 7) is 4.04. The lowest BCUT2D eigenvalue weighted by Crippen LogP contribution is -1.95. The van der Waals surface area contributed by atoms with E-state index in [-0.39, 0.29) is 5.92 Å². The van der Waals surface area contributed by atoms with Gasteiger partial charge in [0.1, 0.15) is 11.6 Å². The van der Waals surface area contributed by atoms with Crippen molar-refractivity contribution in [1.29, 1.82) is 0 Å². The molecule has 3 heteroatoms. The maximum atomic E-state index is 13.6. The molecular formula is C14H13F2N. The summed E-state index contributed by atoms with van der Waals surface area (Å²) in [5.74, 6) is -0.886. The first-order valence-corrected chi connectivity index (χ1v) is 5.50. The average Bonchev–Trinajstić information content (AvgIpc) is 2.29. The van der Waals surface area contributed by atoms with Crippen LogP contribution in [0.2, 0.25) is 0 Å². The van der Waals surface area contributed by atoms with Crippen molar-refractivity contribution in [3.05, 3.63) is 53.7 Å². The zero-order valence-corrected chi connectivity index (χ0v) is 9.74. The molecule has 0 aliphatic heterocycles. The Balaban J connectivity index is 2.49. The van der Waals surface area contributed by atoms with Gasteiger partial charge in [-0.3, -0.25) is 4.98 Å². The summed E-state index contributed by atoms with van der Waals surface area (Å²) in [5, 5.41) is 0. The molecule has 1 aromatic heterocycles. The molecule has 2 aromatic rings. The van der Waals surface area contributed by atoms with E-state index in [9.17, 15) is 8.78 Å². The second kappa shape index (κ2) is 4.62. The lowest BCUT2D eigenvalue weighted by Gasteiger charge is -2.08. The summed E-state index contributed by atoms with van der Waals surface area (Å²) >= 11 is 0. The molecule has 0 aliphatic rings. The molecule has 17 heavy (non-hydrogen) atoms. The SMILES string of the molecule is CC(C)c1cccc(-c2ccc(F)cc2F)n1. The van der Waals surface area contributed by atoms with Gasteiger partial charge in [0.2, 0.25) is 0 Å². The van der Waals surface area contributed by atoms with Crippen LogP contribution in [-0.4, -0.2) is 4.98 Å². The number of halogens is 2. The van der Waals surface area contributed by atoms with Gasteiger partial charge in [-0.25, -0.2) is 8.78 Å². The summed E-state index contributed by atoms with van der Waals surface area (Å²) in [4.78, 5) is 4.37.